The molecule has 0 heterocycles. The Labute approximate surface area is 117 Å². The van der Waals surface area contributed by atoms with Gasteiger partial charge in [-0.3, -0.25) is 9.59 Å². The Balaban J connectivity index is 4.16. The highest BCUT2D eigenvalue weighted by atomic mass is 35.5. The van der Waals surface area contributed by atoms with Gasteiger partial charge in [0.1, 0.15) is 13.2 Å². The van der Waals surface area contributed by atoms with E-state index in [1.807, 2.05) is 0 Å². The number of amides is 2. The number of halogens is 1. The van der Waals surface area contributed by atoms with Crippen LogP contribution in [-0.4, -0.2) is 61.6 Å². The van der Waals surface area contributed by atoms with Gasteiger partial charge in [0.25, 0.3) is 0 Å². The Kier molecular flexibility index (Phi) is 9.60. The van der Waals surface area contributed by atoms with Crippen LogP contribution >= 0.6 is 11.6 Å². The highest BCUT2D eigenvalue weighted by molar-refractivity contribution is 6.18. The smallest absolute Gasteiger partial charge is 0.317 e. The van der Waals surface area contributed by atoms with Crippen LogP contribution in [0, 0.1) is 0 Å². The SMILES string of the molecule is CC(=O)OCCN(CCOC(C)=O)C(=O)NCCCl. The van der Waals surface area contributed by atoms with Gasteiger partial charge in [0.2, 0.25) is 0 Å². The lowest BCUT2D eigenvalue weighted by atomic mass is 10.5. The molecule has 110 valence electrons. The van der Waals surface area contributed by atoms with Crippen LogP contribution in [0.2, 0.25) is 0 Å². The van der Waals surface area contributed by atoms with Crippen LogP contribution < -0.4 is 5.32 Å². The number of urea groups is 1. The largest absolute Gasteiger partial charge is 0.464 e. The van der Waals surface area contributed by atoms with E-state index in [1.165, 1.54) is 18.7 Å². The fraction of sp³-hybridized carbons (Fsp3) is 0.727. The van der Waals surface area contributed by atoms with Crippen molar-refractivity contribution in [2.75, 3.05) is 38.7 Å². The number of nitrogens with one attached hydrogen (secondary N) is 1. The minimum Gasteiger partial charge on any atom is -0.464 e. The summed E-state index contributed by atoms with van der Waals surface area (Å²) in [5.41, 5.74) is 0. The quantitative estimate of drug-likeness (QED) is 0.516. The molecule has 0 bridgehead atoms. The molecule has 0 spiro atoms. The second-order valence-corrected chi connectivity index (χ2v) is 3.97. The van der Waals surface area contributed by atoms with Gasteiger partial charge in [0, 0.05) is 26.3 Å². The van der Waals surface area contributed by atoms with E-state index in [1.54, 1.807) is 0 Å². The predicted molar refractivity (Wildman–Crippen MR) is 69.0 cm³/mol. The summed E-state index contributed by atoms with van der Waals surface area (Å²) in [6.07, 6.45) is 0. The van der Waals surface area contributed by atoms with Gasteiger partial charge in [-0.05, 0) is 0 Å². The number of esters is 2. The van der Waals surface area contributed by atoms with E-state index in [0.717, 1.165) is 0 Å². The van der Waals surface area contributed by atoms with Crippen molar-refractivity contribution < 1.29 is 23.9 Å². The molecule has 7 nitrogen and oxygen atoms in total. The van der Waals surface area contributed by atoms with Gasteiger partial charge in [0.15, 0.2) is 0 Å². The lowest BCUT2D eigenvalue weighted by Gasteiger charge is -2.22. The third-order valence-electron chi connectivity index (χ3n) is 1.99. The molecular weight excluding hydrogens is 276 g/mol. The first-order valence-corrected chi connectivity index (χ1v) is 6.36. The topological polar surface area (TPSA) is 84.9 Å². The third kappa shape index (κ3) is 10.1. The van der Waals surface area contributed by atoms with Crippen LogP contribution in [0.25, 0.3) is 0 Å². The number of carbonyl (C=O) groups is 3. The molecule has 8 heteroatoms. The molecule has 0 fully saturated rings. The van der Waals surface area contributed by atoms with Crippen LogP contribution in [0.5, 0.6) is 0 Å². The molecule has 0 aliphatic heterocycles. The number of rotatable bonds is 8. The van der Waals surface area contributed by atoms with Gasteiger partial charge < -0.3 is 19.7 Å². The van der Waals surface area contributed by atoms with Crippen LogP contribution in [0.4, 0.5) is 4.79 Å². The van der Waals surface area contributed by atoms with Crippen molar-refractivity contribution >= 4 is 29.6 Å². The first-order valence-electron chi connectivity index (χ1n) is 5.82. The Morgan fingerprint density at radius 3 is 1.89 bits per heavy atom. The van der Waals surface area contributed by atoms with Gasteiger partial charge in [-0.2, -0.15) is 0 Å². The van der Waals surface area contributed by atoms with Gasteiger partial charge in [-0.1, -0.05) is 0 Å². The number of nitrogens with zero attached hydrogens (tertiary/aromatic N) is 1. The monoisotopic (exact) mass is 294 g/mol. The van der Waals surface area contributed by atoms with Gasteiger partial charge in [0.05, 0.1) is 13.1 Å². The van der Waals surface area contributed by atoms with E-state index in [-0.39, 0.29) is 32.3 Å². The van der Waals surface area contributed by atoms with Gasteiger partial charge in [-0.25, -0.2) is 4.79 Å². The maximum atomic E-state index is 11.7. The molecule has 19 heavy (non-hydrogen) atoms. The standard InChI is InChI=1S/C11H19ClN2O5/c1-9(15)18-7-5-14(6-8-19-10(2)16)11(17)13-4-3-12/h3-8H2,1-2H3,(H,13,17). The van der Waals surface area contributed by atoms with E-state index in [4.69, 9.17) is 21.1 Å². The Bertz CT molecular complexity index is 291. The lowest BCUT2D eigenvalue weighted by Crippen LogP contribution is -2.44. The van der Waals surface area contributed by atoms with Crippen molar-refractivity contribution in [1.29, 1.82) is 0 Å². The Morgan fingerprint density at radius 1 is 1.05 bits per heavy atom. The van der Waals surface area contributed by atoms with E-state index in [2.05, 4.69) is 5.32 Å². The van der Waals surface area contributed by atoms with Crippen molar-refractivity contribution in [3.05, 3.63) is 0 Å². The van der Waals surface area contributed by atoms with Crippen molar-refractivity contribution in [3.8, 4) is 0 Å². The Morgan fingerprint density at radius 2 is 1.53 bits per heavy atom. The molecule has 2 amide bonds. The summed E-state index contributed by atoms with van der Waals surface area (Å²) in [5.74, 6) is -0.532. The Hall–Kier alpha value is -1.50. The van der Waals surface area contributed by atoms with Gasteiger partial charge >= 0.3 is 18.0 Å². The lowest BCUT2D eigenvalue weighted by molar-refractivity contribution is -0.141. The number of carbonyl (C=O) groups excluding carboxylic acids is 3. The fourth-order valence-electron chi connectivity index (χ4n) is 1.18. The molecule has 0 aliphatic rings. The molecule has 0 aromatic rings. The van der Waals surface area contributed by atoms with Crippen molar-refractivity contribution in [2.24, 2.45) is 0 Å². The first kappa shape index (κ1) is 17.5. The second kappa shape index (κ2) is 10.4. The van der Waals surface area contributed by atoms with E-state index in [9.17, 15) is 14.4 Å². The van der Waals surface area contributed by atoms with E-state index in [0.29, 0.717) is 12.4 Å². The minimum absolute atomic E-state index is 0.0870. The highest BCUT2D eigenvalue weighted by Gasteiger charge is 2.13. The summed E-state index contributed by atoms with van der Waals surface area (Å²) in [7, 11) is 0. The molecule has 0 rings (SSSR count). The molecule has 0 aromatic carbocycles. The van der Waals surface area contributed by atoms with Crippen LogP contribution in [0.1, 0.15) is 13.8 Å². The summed E-state index contributed by atoms with van der Waals surface area (Å²) in [6.45, 7) is 3.52. The maximum absolute atomic E-state index is 11.7. The molecule has 0 saturated heterocycles. The molecule has 0 saturated carbocycles. The predicted octanol–water partition coefficient (Wildman–Crippen LogP) is 0.363. The summed E-state index contributed by atoms with van der Waals surface area (Å²) >= 11 is 5.47. The van der Waals surface area contributed by atoms with E-state index < -0.39 is 11.9 Å². The number of alkyl halides is 1. The van der Waals surface area contributed by atoms with E-state index >= 15 is 0 Å². The molecule has 0 aliphatic carbocycles. The van der Waals surface area contributed by atoms with Crippen LogP contribution in [0.15, 0.2) is 0 Å². The fourth-order valence-corrected chi connectivity index (χ4v) is 1.27. The van der Waals surface area contributed by atoms with Crippen molar-refractivity contribution in [1.82, 2.24) is 10.2 Å². The van der Waals surface area contributed by atoms with Crippen molar-refractivity contribution in [2.45, 2.75) is 13.8 Å². The van der Waals surface area contributed by atoms with Crippen LogP contribution in [-0.2, 0) is 19.1 Å². The molecule has 0 aromatic heterocycles. The minimum atomic E-state index is -0.416. The molecule has 0 unspecified atom stereocenters. The number of hydrogen-bond donors (Lipinski definition) is 1. The zero-order chi connectivity index (χ0) is 14.7. The maximum Gasteiger partial charge on any atom is 0.317 e. The normalized spacial score (nSPS) is 9.63. The average Bonchev–Trinajstić information content (AvgIpc) is 2.33. The summed E-state index contributed by atoms with van der Waals surface area (Å²) in [5, 5.41) is 2.58. The zero-order valence-electron chi connectivity index (χ0n) is 11.1. The summed E-state index contributed by atoms with van der Waals surface area (Å²) < 4.78 is 9.52. The highest BCUT2D eigenvalue weighted by Crippen LogP contribution is 1.92. The zero-order valence-corrected chi connectivity index (χ0v) is 11.9. The van der Waals surface area contributed by atoms with Crippen LogP contribution in [0.3, 0.4) is 0 Å². The number of ether oxygens (including phenoxy) is 2. The first-order chi connectivity index (χ1) is 8.97. The van der Waals surface area contributed by atoms with Crippen molar-refractivity contribution in [3.63, 3.8) is 0 Å². The molecule has 1 N–H and O–H groups in total. The number of hydrogen-bond acceptors (Lipinski definition) is 5. The molecule has 0 atom stereocenters. The second-order valence-electron chi connectivity index (χ2n) is 3.59. The summed E-state index contributed by atoms with van der Waals surface area (Å²) in [4.78, 5) is 34.4. The summed E-state index contributed by atoms with van der Waals surface area (Å²) in [6, 6.07) is -0.347. The molecule has 0 radical (unpaired) electrons. The molecular formula is C11H19ClN2O5. The average molecular weight is 295 g/mol. The van der Waals surface area contributed by atoms with Gasteiger partial charge in [-0.15, -0.1) is 11.6 Å². The third-order valence-corrected chi connectivity index (χ3v) is 2.18.